The zero-order chi connectivity index (χ0) is 17.4. The van der Waals surface area contributed by atoms with Crippen molar-refractivity contribution in [3.63, 3.8) is 0 Å². The van der Waals surface area contributed by atoms with Crippen molar-refractivity contribution in [2.75, 3.05) is 7.11 Å². The fourth-order valence-corrected chi connectivity index (χ4v) is 3.43. The van der Waals surface area contributed by atoms with Gasteiger partial charge in [-0.05, 0) is 33.7 Å². The molecule has 0 aromatic heterocycles. The van der Waals surface area contributed by atoms with Crippen molar-refractivity contribution in [3.8, 4) is 22.6 Å². The minimum Gasteiger partial charge on any atom is -0.507 e. The maximum absolute atomic E-state index is 11.6. The average molecular weight is 328 g/mol. The minimum atomic E-state index is 0.158. The van der Waals surface area contributed by atoms with Gasteiger partial charge < -0.3 is 9.84 Å². The van der Waals surface area contributed by atoms with Crippen LogP contribution in [-0.2, 0) is 0 Å². The standard InChI is InChI=1S/C22H16O3/c1-25-22-16(13-23)12-15-7-3-5-9-18(15)21(22)20-17-8-4-2-6-14(17)10-11-19(20)24/h2-13,24H,1H3. The van der Waals surface area contributed by atoms with E-state index in [1.807, 2.05) is 60.7 Å². The molecule has 0 aliphatic carbocycles. The van der Waals surface area contributed by atoms with E-state index in [4.69, 9.17) is 4.74 Å². The number of aromatic hydroxyl groups is 1. The molecule has 0 radical (unpaired) electrons. The molecule has 4 rings (SSSR count). The van der Waals surface area contributed by atoms with Crippen molar-refractivity contribution in [1.29, 1.82) is 0 Å². The Morgan fingerprint density at radius 1 is 0.840 bits per heavy atom. The molecule has 3 nitrogen and oxygen atoms in total. The quantitative estimate of drug-likeness (QED) is 0.527. The summed E-state index contributed by atoms with van der Waals surface area (Å²) < 4.78 is 5.59. The summed E-state index contributed by atoms with van der Waals surface area (Å²) >= 11 is 0. The SMILES string of the molecule is COc1c(C=O)cc2ccccc2c1-c1c(O)ccc2ccccc12. The second-order valence-electron chi connectivity index (χ2n) is 5.89. The third-order valence-corrected chi connectivity index (χ3v) is 4.52. The van der Waals surface area contributed by atoms with Crippen molar-refractivity contribution in [2.24, 2.45) is 0 Å². The van der Waals surface area contributed by atoms with Gasteiger partial charge in [0.05, 0.1) is 12.7 Å². The normalized spacial score (nSPS) is 10.9. The molecule has 0 saturated heterocycles. The second kappa shape index (κ2) is 5.95. The van der Waals surface area contributed by atoms with Crippen molar-refractivity contribution < 1.29 is 14.6 Å². The highest BCUT2D eigenvalue weighted by Gasteiger charge is 2.20. The highest BCUT2D eigenvalue weighted by Crippen LogP contribution is 2.46. The van der Waals surface area contributed by atoms with Gasteiger partial charge in [-0.25, -0.2) is 0 Å². The molecular weight excluding hydrogens is 312 g/mol. The van der Waals surface area contributed by atoms with E-state index < -0.39 is 0 Å². The summed E-state index contributed by atoms with van der Waals surface area (Å²) in [5.41, 5.74) is 1.87. The molecule has 0 heterocycles. The number of fused-ring (bicyclic) bond motifs is 2. The van der Waals surface area contributed by atoms with Gasteiger partial charge in [-0.1, -0.05) is 54.6 Å². The van der Waals surface area contributed by atoms with Crippen LogP contribution in [-0.4, -0.2) is 18.5 Å². The Bertz CT molecular complexity index is 1110. The molecule has 0 atom stereocenters. The molecule has 0 amide bonds. The Morgan fingerprint density at radius 2 is 1.48 bits per heavy atom. The first-order chi connectivity index (χ1) is 12.2. The Labute approximate surface area is 145 Å². The molecule has 25 heavy (non-hydrogen) atoms. The monoisotopic (exact) mass is 328 g/mol. The number of hydrogen-bond acceptors (Lipinski definition) is 3. The van der Waals surface area contributed by atoms with E-state index in [1.54, 1.807) is 13.2 Å². The largest absolute Gasteiger partial charge is 0.507 e. The lowest BCUT2D eigenvalue weighted by molar-refractivity contribution is 0.112. The van der Waals surface area contributed by atoms with E-state index in [1.165, 1.54) is 0 Å². The third kappa shape index (κ3) is 2.32. The number of ether oxygens (including phenoxy) is 1. The summed E-state index contributed by atoms with van der Waals surface area (Å²) in [6.07, 6.45) is 0.789. The number of phenolic OH excluding ortho intramolecular Hbond substituents is 1. The molecule has 4 aromatic carbocycles. The summed E-state index contributed by atoms with van der Waals surface area (Å²) in [4.78, 5) is 11.6. The number of hydrogen-bond donors (Lipinski definition) is 1. The maximum atomic E-state index is 11.6. The van der Waals surface area contributed by atoms with Crippen molar-refractivity contribution in [1.82, 2.24) is 0 Å². The number of benzene rings is 4. The molecule has 3 heteroatoms. The van der Waals surface area contributed by atoms with Crippen LogP contribution in [0, 0.1) is 0 Å². The first kappa shape index (κ1) is 15.2. The van der Waals surface area contributed by atoms with Gasteiger partial charge in [0.15, 0.2) is 6.29 Å². The van der Waals surface area contributed by atoms with Gasteiger partial charge in [-0.3, -0.25) is 4.79 Å². The molecule has 122 valence electrons. The molecule has 4 aromatic rings. The lowest BCUT2D eigenvalue weighted by atomic mass is 9.90. The summed E-state index contributed by atoms with van der Waals surface area (Å²) in [5, 5.41) is 14.4. The lowest BCUT2D eigenvalue weighted by Crippen LogP contribution is -1.96. The van der Waals surface area contributed by atoms with Crippen LogP contribution in [0.5, 0.6) is 11.5 Å². The van der Waals surface area contributed by atoms with Crippen LogP contribution in [0.25, 0.3) is 32.7 Å². The highest BCUT2D eigenvalue weighted by atomic mass is 16.5. The Hall–Kier alpha value is -3.33. The molecule has 0 aliphatic heterocycles. The van der Waals surface area contributed by atoms with Crippen molar-refractivity contribution in [2.45, 2.75) is 0 Å². The van der Waals surface area contributed by atoms with Gasteiger partial charge in [0.1, 0.15) is 11.5 Å². The fourth-order valence-electron chi connectivity index (χ4n) is 3.43. The van der Waals surface area contributed by atoms with E-state index in [-0.39, 0.29) is 5.75 Å². The number of rotatable bonds is 3. The second-order valence-corrected chi connectivity index (χ2v) is 5.89. The summed E-state index contributed by atoms with van der Waals surface area (Å²) in [6.45, 7) is 0. The maximum Gasteiger partial charge on any atom is 0.153 e. The van der Waals surface area contributed by atoms with Crippen LogP contribution in [0.15, 0.2) is 66.7 Å². The molecule has 0 bridgehead atoms. The van der Waals surface area contributed by atoms with Crippen LogP contribution in [0.2, 0.25) is 0 Å². The first-order valence-electron chi connectivity index (χ1n) is 8.00. The molecule has 0 aliphatic rings. The van der Waals surface area contributed by atoms with Crippen LogP contribution in [0.1, 0.15) is 10.4 Å². The average Bonchev–Trinajstić information content (AvgIpc) is 2.66. The van der Waals surface area contributed by atoms with Crippen LogP contribution >= 0.6 is 0 Å². The molecule has 1 N–H and O–H groups in total. The van der Waals surface area contributed by atoms with E-state index >= 15 is 0 Å². The lowest BCUT2D eigenvalue weighted by Gasteiger charge is -2.17. The Morgan fingerprint density at radius 3 is 2.16 bits per heavy atom. The number of carbonyl (C=O) groups is 1. The molecule has 0 spiro atoms. The predicted octanol–water partition coefficient (Wildman–Crippen LogP) is 5.19. The van der Waals surface area contributed by atoms with Gasteiger partial charge in [-0.2, -0.15) is 0 Å². The first-order valence-corrected chi connectivity index (χ1v) is 8.00. The molecular formula is C22H16O3. The van der Waals surface area contributed by atoms with Gasteiger partial charge in [-0.15, -0.1) is 0 Å². The van der Waals surface area contributed by atoms with Gasteiger partial charge in [0, 0.05) is 11.1 Å². The van der Waals surface area contributed by atoms with Gasteiger partial charge in [0.2, 0.25) is 0 Å². The number of phenols is 1. The van der Waals surface area contributed by atoms with E-state index in [0.29, 0.717) is 16.9 Å². The topological polar surface area (TPSA) is 46.5 Å². The summed E-state index contributed by atoms with van der Waals surface area (Å²) in [5.74, 6) is 0.630. The number of carbonyl (C=O) groups excluding carboxylic acids is 1. The zero-order valence-electron chi connectivity index (χ0n) is 13.7. The summed E-state index contributed by atoms with van der Waals surface area (Å²) in [6, 6.07) is 21.0. The summed E-state index contributed by atoms with van der Waals surface area (Å²) in [7, 11) is 1.54. The molecule has 0 fully saturated rings. The Kier molecular flexibility index (Phi) is 3.62. The van der Waals surface area contributed by atoms with E-state index in [2.05, 4.69) is 0 Å². The smallest absolute Gasteiger partial charge is 0.153 e. The third-order valence-electron chi connectivity index (χ3n) is 4.52. The van der Waals surface area contributed by atoms with Gasteiger partial charge >= 0.3 is 0 Å². The number of methoxy groups -OCH3 is 1. The van der Waals surface area contributed by atoms with Crippen LogP contribution in [0.3, 0.4) is 0 Å². The van der Waals surface area contributed by atoms with E-state index in [9.17, 15) is 9.90 Å². The zero-order valence-corrected chi connectivity index (χ0v) is 13.7. The Balaban J connectivity index is 2.25. The highest BCUT2D eigenvalue weighted by molar-refractivity contribution is 6.12. The molecule has 0 unspecified atom stereocenters. The van der Waals surface area contributed by atoms with E-state index in [0.717, 1.165) is 33.4 Å². The van der Waals surface area contributed by atoms with Crippen LogP contribution in [0.4, 0.5) is 0 Å². The predicted molar refractivity (Wildman–Crippen MR) is 100 cm³/mol. The van der Waals surface area contributed by atoms with Crippen molar-refractivity contribution >= 4 is 27.8 Å². The number of aldehydes is 1. The minimum absolute atomic E-state index is 0.158. The van der Waals surface area contributed by atoms with Crippen LogP contribution < -0.4 is 4.74 Å². The van der Waals surface area contributed by atoms with Crippen molar-refractivity contribution in [3.05, 3.63) is 72.3 Å². The molecule has 0 saturated carbocycles. The van der Waals surface area contributed by atoms with Gasteiger partial charge in [0.25, 0.3) is 0 Å². The fraction of sp³-hybridized carbons (Fsp3) is 0.0455.